The summed E-state index contributed by atoms with van der Waals surface area (Å²) in [5.74, 6) is 5.61. The summed E-state index contributed by atoms with van der Waals surface area (Å²) in [5, 5.41) is 5.51. The maximum Gasteiger partial charge on any atom is 0.255 e. The van der Waals surface area contributed by atoms with Gasteiger partial charge in [-0.15, -0.1) is 0 Å². The number of carbonyl (C=O) groups is 2. The third kappa shape index (κ3) is 5.28. The summed E-state index contributed by atoms with van der Waals surface area (Å²) in [6.07, 6.45) is 1.69. The monoisotopic (exact) mass is 355 g/mol. The zero-order valence-electron chi connectivity index (χ0n) is 14.7. The number of hydrogen-bond acceptors (Lipinski definition) is 3. The van der Waals surface area contributed by atoms with Crippen molar-refractivity contribution in [3.05, 3.63) is 89.7 Å². The van der Waals surface area contributed by atoms with Crippen LogP contribution >= 0.6 is 0 Å². The fourth-order valence-electron chi connectivity index (χ4n) is 2.35. The van der Waals surface area contributed by atoms with Gasteiger partial charge >= 0.3 is 0 Å². The van der Waals surface area contributed by atoms with Gasteiger partial charge < -0.3 is 10.6 Å². The zero-order chi connectivity index (χ0) is 19.1. The van der Waals surface area contributed by atoms with Gasteiger partial charge in [0, 0.05) is 35.6 Å². The van der Waals surface area contributed by atoms with Gasteiger partial charge in [0.05, 0.1) is 0 Å². The lowest BCUT2D eigenvalue weighted by molar-refractivity contribution is -0.114. The second-order valence-corrected chi connectivity index (χ2v) is 5.76. The molecule has 1 aromatic heterocycles. The predicted molar refractivity (Wildman–Crippen MR) is 105 cm³/mol. The van der Waals surface area contributed by atoms with Gasteiger partial charge in [0.15, 0.2) is 0 Å². The van der Waals surface area contributed by atoms with Crippen LogP contribution in [0.3, 0.4) is 0 Å². The SMILES string of the molecule is CC(=O)Nc1ccc(NC(=O)c2cccc(C#Cc3ccccn3)c2)cc1. The Kier molecular flexibility index (Phi) is 5.60. The van der Waals surface area contributed by atoms with Crippen LogP contribution in [0.15, 0.2) is 72.9 Å². The number of aromatic nitrogens is 1. The Balaban J connectivity index is 1.70. The molecule has 2 N–H and O–H groups in total. The summed E-state index contributed by atoms with van der Waals surface area (Å²) in [5.41, 5.74) is 3.22. The molecule has 0 fully saturated rings. The van der Waals surface area contributed by atoms with Crippen LogP contribution < -0.4 is 10.6 Å². The third-order valence-corrected chi connectivity index (χ3v) is 3.59. The van der Waals surface area contributed by atoms with Crippen molar-refractivity contribution in [1.29, 1.82) is 0 Å². The molecule has 3 aromatic rings. The molecule has 5 nitrogen and oxygen atoms in total. The molecule has 5 heteroatoms. The molecule has 0 radical (unpaired) electrons. The fraction of sp³-hybridized carbons (Fsp3) is 0.0455. The molecular weight excluding hydrogens is 338 g/mol. The maximum absolute atomic E-state index is 12.5. The van der Waals surface area contributed by atoms with E-state index in [0.717, 1.165) is 5.56 Å². The van der Waals surface area contributed by atoms with Crippen LogP contribution in [0.5, 0.6) is 0 Å². The van der Waals surface area contributed by atoms with Crippen molar-refractivity contribution in [1.82, 2.24) is 4.98 Å². The fourth-order valence-corrected chi connectivity index (χ4v) is 2.35. The predicted octanol–water partition coefficient (Wildman–Crippen LogP) is 3.69. The molecule has 3 rings (SSSR count). The van der Waals surface area contributed by atoms with E-state index in [2.05, 4.69) is 27.5 Å². The summed E-state index contributed by atoms with van der Waals surface area (Å²) in [4.78, 5) is 27.7. The molecular formula is C22H17N3O2. The summed E-state index contributed by atoms with van der Waals surface area (Å²) in [6.45, 7) is 1.44. The van der Waals surface area contributed by atoms with E-state index in [-0.39, 0.29) is 11.8 Å². The highest BCUT2D eigenvalue weighted by Crippen LogP contribution is 2.15. The van der Waals surface area contributed by atoms with Crippen molar-refractivity contribution < 1.29 is 9.59 Å². The van der Waals surface area contributed by atoms with E-state index in [9.17, 15) is 9.59 Å². The number of nitrogens with zero attached hydrogens (tertiary/aromatic N) is 1. The van der Waals surface area contributed by atoms with Crippen molar-refractivity contribution in [2.75, 3.05) is 10.6 Å². The lowest BCUT2D eigenvalue weighted by Gasteiger charge is -2.07. The van der Waals surface area contributed by atoms with Crippen molar-refractivity contribution in [3.8, 4) is 11.8 Å². The topological polar surface area (TPSA) is 71.1 Å². The van der Waals surface area contributed by atoms with Crippen molar-refractivity contribution >= 4 is 23.2 Å². The minimum absolute atomic E-state index is 0.143. The normalized spacial score (nSPS) is 9.67. The van der Waals surface area contributed by atoms with Gasteiger partial charge in [0.2, 0.25) is 5.91 Å². The number of nitrogens with one attached hydrogen (secondary N) is 2. The van der Waals surface area contributed by atoms with Crippen LogP contribution in [-0.2, 0) is 4.79 Å². The summed E-state index contributed by atoms with van der Waals surface area (Å²) < 4.78 is 0. The Labute approximate surface area is 157 Å². The van der Waals surface area contributed by atoms with E-state index in [0.29, 0.717) is 22.6 Å². The van der Waals surface area contributed by atoms with E-state index in [4.69, 9.17) is 0 Å². The van der Waals surface area contributed by atoms with E-state index in [1.807, 2.05) is 24.3 Å². The Morgan fingerprint density at radius 3 is 2.26 bits per heavy atom. The Bertz CT molecular complexity index is 1020. The summed E-state index contributed by atoms with van der Waals surface area (Å²) in [6, 6.07) is 19.5. The highest BCUT2D eigenvalue weighted by Gasteiger charge is 2.06. The first kappa shape index (κ1) is 17.9. The third-order valence-electron chi connectivity index (χ3n) is 3.59. The van der Waals surface area contributed by atoms with E-state index < -0.39 is 0 Å². The lowest BCUT2D eigenvalue weighted by atomic mass is 10.1. The molecule has 132 valence electrons. The molecule has 0 saturated heterocycles. The molecule has 0 saturated carbocycles. The van der Waals surface area contributed by atoms with Crippen LogP contribution in [0.2, 0.25) is 0 Å². The standard InChI is InChI=1S/C22H17N3O2/c1-16(26)24-20-10-12-21(13-11-20)25-22(27)18-6-4-5-17(15-18)8-9-19-7-2-3-14-23-19/h2-7,10-15H,1H3,(H,24,26)(H,25,27). The summed E-state index contributed by atoms with van der Waals surface area (Å²) >= 11 is 0. The van der Waals surface area contributed by atoms with Crippen LogP contribution in [-0.4, -0.2) is 16.8 Å². The molecule has 0 aliphatic carbocycles. The number of amides is 2. The Morgan fingerprint density at radius 2 is 1.59 bits per heavy atom. The molecule has 27 heavy (non-hydrogen) atoms. The average molecular weight is 355 g/mol. The number of rotatable bonds is 3. The lowest BCUT2D eigenvalue weighted by Crippen LogP contribution is -2.12. The number of carbonyl (C=O) groups excluding carboxylic acids is 2. The molecule has 2 aromatic carbocycles. The first-order chi connectivity index (χ1) is 13.1. The van der Waals surface area contributed by atoms with E-state index in [1.165, 1.54) is 6.92 Å². The minimum atomic E-state index is -0.233. The highest BCUT2D eigenvalue weighted by atomic mass is 16.2. The smallest absolute Gasteiger partial charge is 0.255 e. The molecule has 0 spiro atoms. The van der Waals surface area contributed by atoms with Gasteiger partial charge in [-0.2, -0.15) is 0 Å². The average Bonchev–Trinajstić information content (AvgIpc) is 2.68. The molecule has 0 aliphatic rings. The number of hydrogen-bond donors (Lipinski definition) is 2. The largest absolute Gasteiger partial charge is 0.326 e. The highest BCUT2D eigenvalue weighted by molar-refractivity contribution is 6.04. The van der Waals surface area contributed by atoms with E-state index >= 15 is 0 Å². The molecule has 2 amide bonds. The van der Waals surface area contributed by atoms with Crippen molar-refractivity contribution in [2.24, 2.45) is 0 Å². The van der Waals surface area contributed by atoms with Gasteiger partial charge in [-0.05, 0) is 60.5 Å². The quantitative estimate of drug-likeness (QED) is 0.704. The van der Waals surface area contributed by atoms with Gasteiger partial charge in [-0.1, -0.05) is 18.1 Å². The molecule has 1 heterocycles. The Morgan fingerprint density at radius 1 is 0.852 bits per heavy atom. The zero-order valence-corrected chi connectivity index (χ0v) is 14.7. The van der Waals surface area contributed by atoms with Gasteiger partial charge in [-0.25, -0.2) is 4.98 Å². The molecule has 0 bridgehead atoms. The number of anilines is 2. The second-order valence-electron chi connectivity index (χ2n) is 5.76. The van der Waals surface area contributed by atoms with Gasteiger partial charge in [0.25, 0.3) is 5.91 Å². The molecule has 0 atom stereocenters. The summed E-state index contributed by atoms with van der Waals surface area (Å²) in [7, 11) is 0. The van der Waals surface area contributed by atoms with Crippen LogP contribution in [0.4, 0.5) is 11.4 Å². The first-order valence-corrected chi connectivity index (χ1v) is 8.32. The Hall–Kier alpha value is -3.91. The van der Waals surface area contributed by atoms with Gasteiger partial charge in [-0.3, -0.25) is 9.59 Å². The van der Waals surface area contributed by atoms with Crippen LogP contribution in [0.1, 0.15) is 28.5 Å². The second kappa shape index (κ2) is 8.45. The van der Waals surface area contributed by atoms with Crippen LogP contribution in [0, 0.1) is 11.8 Å². The van der Waals surface area contributed by atoms with Gasteiger partial charge in [0.1, 0.15) is 5.69 Å². The first-order valence-electron chi connectivity index (χ1n) is 8.32. The number of benzene rings is 2. The molecule has 0 unspecified atom stereocenters. The molecule has 0 aliphatic heterocycles. The minimum Gasteiger partial charge on any atom is -0.326 e. The van der Waals surface area contributed by atoms with Crippen molar-refractivity contribution in [3.63, 3.8) is 0 Å². The maximum atomic E-state index is 12.5. The van der Waals surface area contributed by atoms with E-state index in [1.54, 1.807) is 48.7 Å². The van der Waals surface area contributed by atoms with Crippen molar-refractivity contribution in [2.45, 2.75) is 6.92 Å². The number of pyridine rings is 1. The van der Waals surface area contributed by atoms with Crippen LogP contribution in [0.25, 0.3) is 0 Å².